The number of hydrogen-bond donors (Lipinski definition) is 0. The fraction of sp³-hybridized carbons (Fsp3) is 0.571. The number of likely N-dealkylation sites (tertiary alicyclic amines) is 1. The van der Waals surface area contributed by atoms with E-state index in [9.17, 15) is 0 Å². The Morgan fingerprint density at radius 2 is 2.06 bits per heavy atom. The molecular weight excluding hydrogens is 214 g/mol. The van der Waals surface area contributed by atoms with Gasteiger partial charge in [-0.25, -0.2) is 0 Å². The lowest BCUT2D eigenvalue weighted by Crippen LogP contribution is -2.30. The van der Waals surface area contributed by atoms with E-state index in [0.29, 0.717) is 12.1 Å². The Morgan fingerprint density at radius 3 is 2.75 bits per heavy atom. The summed E-state index contributed by atoms with van der Waals surface area (Å²) in [5.74, 6) is 0. The predicted octanol–water partition coefficient (Wildman–Crippen LogP) is 3.95. The first kappa shape index (κ1) is 12.0. The molecule has 1 unspecified atom stereocenters. The summed E-state index contributed by atoms with van der Waals surface area (Å²) in [5, 5.41) is 0. The molecule has 1 aromatic rings. The molecule has 1 saturated heterocycles. The van der Waals surface area contributed by atoms with Crippen LogP contribution in [0.4, 0.5) is 0 Å². The monoisotopic (exact) mass is 235 g/mol. The molecule has 0 radical (unpaired) electrons. The molecule has 0 bridgehead atoms. The van der Waals surface area contributed by atoms with Gasteiger partial charge < -0.3 is 0 Å². The van der Waals surface area contributed by atoms with Gasteiger partial charge in [-0.05, 0) is 51.1 Å². The number of thioether (sulfide) groups is 1. The van der Waals surface area contributed by atoms with E-state index in [-0.39, 0.29) is 0 Å². The Bertz CT molecular complexity index is 348. The molecule has 2 rings (SSSR count). The first-order valence-electron chi connectivity index (χ1n) is 6.12. The first-order chi connectivity index (χ1) is 7.74. The zero-order valence-corrected chi connectivity index (χ0v) is 11.3. The van der Waals surface area contributed by atoms with Crippen molar-refractivity contribution in [3.05, 3.63) is 29.8 Å². The highest BCUT2D eigenvalue weighted by atomic mass is 32.2. The average Bonchev–Trinajstić information content (AvgIpc) is 2.77. The highest BCUT2D eigenvalue weighted by Crippen LogP contribution is 2.37. The topological polar surface area (TPSA) is 3.24 Å². The minimum atomic E-state index is 0.642. The van der Waals surface area contributed by atoms with Crippen LogP contribution in [0.2, 0.25) is 0 Å². The molecule has 1 fully saturated rings. The molecule has 1 aromatic carbocycles. The van der Waals surface area contributed by atoms with Gasteiger partial charge in [0.05, 0.1) is 0 Å². The molecule has 1 nitrogen and oxygen atoms in total. The van der Waals surface area contributed by atoms with Gasteiger partial charge in [0.15, 0.2) is 0 Å². The summed E-state index contributed by atoms with van der Waals surface area (Å²) >= 11 is 1.87. The number of benzene rings is 1. The molecule has 0 aliphatic carbocycles. The second-order valence-electron chi connectivity index (χ2n) is 4.73. The predicted molar refractivity (Wildman–Crippen MR) is 72.0 cm³/mol. The Kier molecular flexibility index (Phi) is 3.93. The Balaban J connectivity index is 2.28. The van der Waals surface area contributed by atoms with Gasteiger partial charge in [-0.15, -0.1) is 11.8 Å². The standard InChI is InChI=1S/C14H21NS/c1-11(2)15-10-6-8-13(15)12-7-4-5-9-14(12)16-3/h4-5,7,9,11,13H,6,8,10H2,1-3H3. The van der Waals surface area contributed by atoms with Gasteiger partial charge in [0.1, 0.15) is 0 Å². The van der Waals surface area contributed by atoms with Crippen LogP contribution >= 0.6 is 11.8 Å². The summed E-state index contributed by atoms with van der Waals surface area (Å²) in [6.45, 7) is 5.87. The van der Waals surface area contributed by atoms with Crippen LogP contribution in [0.25, 0.3) is 0 Å². The van der Waals surface area contributed by atoms with Crippen molar-refractivity contribution in [1.29, 1.82) is 0 Å². The van der Waals surface area contributed by atoms with Crippen molar-refractivity contribution in [3.8, 4) is 0 Å². The van der Waals surface area contributed by atoms with Gasteiger partial charge in [-0.2, -0.15) is 0 Å². The van der Waals surface area contributed by atoms with E-state index in [2.05, 4.69) is 49.3 Å². The van der Waals surface area contributed by atoms with Crippen LogP contribution in [0.1, 0.15) is 38.3 Å². The summed E-state index contributed by atoms with van der Waals surface area (Å²) in [6.07, 6.45) is 4.83. The molecule has 2 heteroatoms. The van der Waals surface area contributed by atoms with Gasteiger partial charge in [-0.3, -0.25) is 4.90 Å². The normalized spacial score (nSPS) is 21.9. The molecule has 1 atom stereocenters. The van der Waals surface area contributed by atoms with Crippen molar-refractivity contribution >= 4 is 11.8 Å². The molecular formula is C14H21NS. The largest absolute Gasteiger partial charge is 0.294 e. The van der Waals surface area contributed by atoms with Crippen molar-refractivity contribution in [1.82, 2.24) is 4.90 Å². The van der Waals surface area contributed by atoms with Crippen molar-refractivity contribution in [2.24, 2.45) is 0 Å². The van der Waals surface area contributed by atoms with Gasteiger partial charge >= 0.3 is 0 Å². The lowest BCUT2D eigenvalue weighted by Gasteiger charge is -2.29. The highest BCUT2D eigenvalue weighted by Gasteiger charge is 2.28. The van der Waals surface area contributed by atoms with Gasteiger partial charge in [-0.1, -0.05) is 18.2 Å². The van der Waals surface area contributed by atoms with E-state index in [1.54, 1.807) is 0 Å². The third-order valence-corrected chi connectivity index (χ3v) is 4.27. The number of nitrogens with zero attached hydrogens (tertiary/aromatic N) is 1. The molecule has 0 amide bonds. The maximum Gasteiger partial charge on any atom is 0.0362 e. The molecule has 88 valence electrons. The molecule has 0 spiro atoms. The summed E-state index contributed by atoms with van der Waals surface area (Å²) in [4.78, 5) is 4.08. The van der Waals surface area contributed by atoms with Gasteiger partial charge in [0.2, 0.25) is 0 Å². The van der Waals surface area contributed by atoms with Crippen LogP contribution in [0.3, 0.4) is 0 Å². The number of rotatable bonds is 3. The van der Waals surface area contributed by atoms with Crippen molar-refractivity contribution in [2.45, 2.75) is 43.7 Å². The second kappa shape index (κ2) is 5.24. The van der Waals surface area contributed by atoms with Crippen LogP contribution in [-0.2, 0) is 0 Å². The third-order valence-electron chi connectivity index (χ3n) is 3.46. The van der Waals surface area contributed by atoms with E-state index < -0.39 is 0 Å². The summed E-state index contributed by atoms with van der Waals surface area (Å²) < 4.78 is 0. The molecule has 1 aliphatic rings. The van der Waals surface area contributed by atoms with E-state index in [4.69, 9.17) is 0 Å². The molecule has 0 saturated carbocycles. The van der Waals surface area contributed by atoms with E-state index in [1.807, 2.05) is 11.8 Å². The highest BCUT2D eigenvalue weighted by molar-refractivity contribution is 7.98. The molecule has 0 aromatic heterocycles. The Labute approximate surface area is 103 Å². The van der Waals surface area contributed by atoms with E-state index in [1.165, 1.54) is 29.8 Å². The van der Waals surface area contributed by atoms with Crippen LogP contribution in [0.15, 0.2) is 29.2 Å². The quantitative estimate of drug-likeness (QED) is 0.730. The second-order valence-corrected chi connectivity index (χ2v) is 5.58. The summed E-state index contributed by atoms with van der Waals surface area (Å²) in [6, 6.07) is 10.2. The first-order valence-corrected chi connectivity index (χ1v) is 7.35. The minimum Gasteiger partial charge on any atom is -0.294 e. The molecule has 16 heavy (non-hydrogen) atoms. The van der Waals surface area contributed by atoms with Crippen LogP contribution < -0.4 is 0 Å². The van der Waals surface area contributed by atoms with Crippen molar-refractivity contribution in [2.75, 3.05) is 12.8 Å². The lowest BCUT2D eigenvalue weighted by atomic mass is 10.0. The number of hydrogen-bond acceptors (Lipinski definition) is 2. The fourth-order valence-electron chi connectivity index (χ4n) is 2.68. The zero-order valence-electron chi connectivity index (χ0n) is 10.4. The smallest absolute Gasteiger partial charge is 0.0362 e. The molecule has 1 heterocycles. The van der Waals surface area contributed by atoms with E-state index >= 15 is 0 Å². The molecule has 0 N–H and O–H groups in total. The van der Waals surface area contributed by atoms with Gasteiger partial charge in [0, 0.05) is 17.0 Å². The van der Waals surface area contributed by atoms with Gasteiger partial charge in [0.25, 0.3) is 0 Å². The average molecular weight is 235 g/mol. The lowest BCUT2D eigenvalue weighted by molar-refractivity contribution is 0.203. The fourth-order valence-corrected chi connectivity index (χ4v) is 3.34. The van der Waals surface area contributed by atoms with Crippen molar-refractivity contribution < 1.29 is 0 Å². The van der Waals surface area contributed by atoms with E-state index in [0.717, 1.165) is 0 Å². The summed E-state index contributed by atoms with van der Waals surface area (Å²) in [5.41, 5.74) is 1.53. The van der Waals surface area contributed by atoms with Crippen LogP contribution in [0.5, 0.6) is 0 Å². The third kappa shape index (κ3) is 2.28. The molecule has 1 aliphatic heterocycles. The SMILES string of the molecule is CSc1ccccc1C1CCCN1C(C)C. The zero-order chi connectivity index (χ0) is 11.5. The Hall–Kier alpha value is -0.470. The minimum absolute atomic E-state index is 0.642. The van der Waals surface area contributed by atoms with Crippen LogP contribution in [-0.4, -0.2) is 23.7 Å². The Morgan fingerprint density at radius 1 is 1.31 bits per heavy atom. The maximum absolute atomic E-state index is 2.63. The van der Waals surface area contributed by atoms with Crippen molar-refractivity contribution in [3.63, 3.8) is 0 Å². The summed E-state index contributed by atoms with van der Waals surface area (Å²) in [7, 11) is 0. The van der Waals surface area contributed by atoms with Crippen LogP contribution in [0, 0.1) is 0 Å². The maximum atomic E-state index is 2.63.